The molecule has 0 radical (unpaired) electrons. The van der Waals surface area contributed by atoms with Crippen molar-refractivity contribution in [1.29, 1.82) is 0 Å². The number of likely N-dealkylation sites (tertiary alicyclic amines) is 1. The highest BCUT2D eigenvalue weighted by Gasteiger charge is 2.24. The average molecular weight is 505 g/mol. The number of rotatable bonds is 3. The Morgan fingerprint density at radius 3 is 2.79 bits per heavy atom. The van der Waals surface area contributed by atoms with Gasteiger partial charge in [-0.05, 0) is 69.6 Å². The Hall–Kier alpha value is -1.62. The van der Waals surface area contributed by atoms with Gasteiger partial charge in [0.15, 0.2) is 5.82 Å². The summed E-state index contributed by atoms with van der Waals surface area (Å²) in [5.41, 5.74) is 1.49. The van der Waals surface area contributed by atoms with Gasteiger partial charge >= 0.3 is 6.09 Å². The Labute approximate surface area is 160 Å². The molecular weight excluding hydrogens is 491 g/mol. The summed E-state index contributed by atoms with van der Waals surface area (Å²) in [4.78, 5) is 32.2. The van der Waals surface area contributed by atoms with E-state index in [0.717, 1.165) is 24.9 Å². The average Bonchev–Trinajstić information content (AvgIpc) is 2.87. The predicted molar refractivity (Wildman–Crippen MR) is 99.9 cm³/mol. The lowest BCUT2D eigenvalue weighted by Crippen LogP contribution is -2.46. The molecule has 2 heterocycles. The first-order valence-corrected chi connectivity index (χ1v) is 9.11. The van der Waals surface area contributed by atoms with E-state index in [-0.39, 0.29) is 5.91 Å². The maximum Gasteiger partial charge on any atom is 0.436 e. The maximum absolute atomic E-state index is 12.5. The van der Waals surface area contributed by atoms with Crippen LogP contribution in [0.15, 0.2) is 28.9 Å². The lowest BCUT2D eigenvalue weighted by atomic mass is 10.1. The van der Waals surface area contributed by atoms with E-state index >= 15 is 0 Å². The summed E-state index contributed by atoms with van der Waals surface area (Å²) in [5.74, 6) is -0.00662. The summed E-state index contributed by atoms with van der Waals surface area (Å²) in [6.07, 6.45) is 1.95. The number of halogens is 2. The SMILES string of the molecule is Cc1cc(Br)c(I)c(C(=O)Nc2ccnn2OC(=O)N2CCC2)c1. The first kappa shape index (κ1) is 17.2. The van der Waals surface area contributed by atoms with Crippen LogP contribution in [0.1, 0.15) is 22.3 Å². The van der Waals surface area contributed by atoms with Crippen LogP contribution in [-0.4, -0.2) is 39.9 Å². The van der Waals surface area contributed by atoms with Crippen molar-refractivity contribution in [2.45, 2.75) is 13.3 Å². The fourth-order valence-electron chi connectivity index (χ4n) is 2.16. The lowest BCUT2D eigenvalue weighted by Gasteiger charge is -2.29. The van der Waals surface area contributed by atoms with Gasteiger partial charge in [-0.1, -0.05) is 4.85 Å². The van der Waals surface area contributed by atoms with Crippen molar-refractivity contribution < 1.29 is 14.4 Å². The van der Waals surface area contributed by atoms with Crippen molar-refractivity contribution in [2.75, 3.05) is 18.4 Å². The van der Waals surface area contributed by atoms with Gasteiger partial charge in [0.2, 0.25) is 0 Å². The molecule has 1 aliphatic heterocycles. The Morgan fingerprint density at radius 2 is 2.12 bits per heavy atom. The number of nitrogens with zero attached hydrogens (tertiary/aromatic N) is 3. The molecule has 24 heavy (non-hydrogen) atoms. The summed E-state index contributed by atoms with van der Waals surface area (Å²) < 4.78 is 1.66. The highest BCUT2D eigenvalue weighted by Crippen LogP contribution is 2.25. The third-order valence-electron chi connectivity index (χ3n) is 3.55. The highest BCUT2D eigenvalue weighted by atomic mass is 127. The van der Waals surface area contributed by atoms with Gasteiger partial charge in [-0.3, -0.25) is 9.63 Å². The van der Waals surface area contributed by atoms with Gasteiger partial charge in [0.05, 0.1) is 11.8 Å². The van der Waals surface area contributed by atoms with Crippen LogP contribution in [0.4, 0.5) is 10.6 Å². The molecule has 1 N–H and O–H groups in total. The first-order chi connectivity index (χ1) is 11.5. The number of amides is 2. The minimum atomic E-state index is -0.478. The van der Waals surface area contributed by atoms with E-state index in [9.17, 15) is 9.59 Å². The molecule has 0 saturated carbocycles. The molecule has 0 bridgehead atoms. The predicted octanol–water partition coefficient (Wildman–Crippen LogP) is 3.07. The monoisotopic (exact) mass is 504 g/mol. The molecule has 7 nitrogen and oxygen atoms in total. The Morgan fingerprint density at radius 1 is 1.38 bits per heavy atom. The fourth-order valence-corrected chi connectivity index (χ4v) is 3.29. The van der Waals surface area contributed by atoms with Gasteiger partial charge in [-0.25, -0.2) is 4.79 Å². The van der Waals surface area contributed by atoms with E-state index in [1.165, 1.54) is 6.20 Å². The first-order valence-electron chi connectivity index (χ1n) is 7.24. The van der Waals surface area contributed by atoms with Crippen LogP contribution in [0.25, 0.3) is 0 Å². The van der Waals surface area contributed by atoms with Gasteiger partial charge in [0, 0.05) is 27.2 Å². The highest BCUT2D eigenvalue weighted by molar-refractivity contribution is 14.1. The molecule has 2 aromatic rings. The van der Waals surface area contributed by atoms with Gasteiger partial charge < -0.3 is 10.2 Å². The molecule has 2 amide bonds. The third-order valence-corrected chi connectivity index (χ3v) is 6.08. The molecule has 1 saturated heterocycles. The quantitative estimate of drug-likeness (QED) is 0.652. The maximum atomic E-state index is 12.5. The molecule has 3 rings (SSSR count). The fraction of sp³-hybridized carbons (Fsp3) is 0.267. The van der Waals surface area contributed by atoms with Gasteiger partial charge in [0.25, 0.3) is 5.91 Å². The molecule has 0 spiro atoms. The van der Waals surface area contributed by atoms with E-state index in [2.05, 4.69) is 48.9 Å². The van der Waals surface area contributed by atoms with Crippen molar-refractivity contribution >= 4 is 56.3 Å². The van der Waals surface area contributed by atoms with Crippen LogP contribution in [0, 0.1) is 10.5 Å². The summed E-state index contributed by atoms with van der Waals surface area (Å²) in [5, 5.41) is 6.64. The zero-order chi connectivity index (χ0) is 17.3. The van der Waals surface area contributed by atoms with E-state index in [1.807, 2.05) is 13.0 Å². The zero-order valence-electron chi connectivity index (χ0n) is 12.8. The number of hydrogen-bond donors (Lipinski definition) is 1. The van der Waals surface area contributed by atoms with E-state index in [0.29, 0.717) is 24.5 Å². The molecule has 1 aromatic carbocycles. The van der Waals surface area contributed by atoms with E-state index in [1.54, 1.807) is 17.0 Å². The number of hydrogen-bond acceptors (Lipinski definition) is 4. The van der Waals surface area contributed by atoms with Crippen LogP contribution in [0.5, 0.6) is 0 Å². The summed E-state index contributed by atoms with van der Waals surface area (Å²) in [6, 6.07) is 5.31. The molecular formula is C15H14BrIN4O3. The molecule has 1 fully saturated rings. The van der Waals surface area contributed by atoms with Gasteiger partial charge in [-0.15, -0.1) is 5.10 Å². The van der Waals surface area contributed by atoms with E-state index in [4.69, 9.17) is 4.84 Å². The van der Waals surface area contributed by atoms with Crippen molar-refractivity contribution in [3.8, 4) is 0 Å². The lowest BCUT2D eigenvalue weighted by molar-refractivity contribution is 0.0625. The number of benzene rings is 1. The summed E-state index contributed by atoms with van der Waals surface area (Å²) in [6.45, 7) is 3.27. The topological polar surface area (TPSA) is 76.5 Å². The molecule has 1 aromatic heterocycles. The Bertz CT molecular complexity index is 804. The minimum absolute atomic E-state index is 0.294. The molecule has 0 aliphatic carbocycles. The van der Waals surface area contributed by atoms with Crippen LogP contribution in [0.3, 0.4) is 0 Å². The van der Waals surface area contributed by atoms with Crippen molar-refractivity contribution in [3.63, 3.8) is 0 Å². The Balaban J connectivity index is 1.76. The summed E-state index contributed by atoms with van der Waals surface area (Å²) >= 11 is 5.55. The number of nitrogens with one attached hydrogen (secondary N) is 1. The zero-order valence-corrected chi connectivity index (χ0v) is 16.5. The van der Waals surface area contributed by atoms with Crippen molar-refractivity contribution in [2.24, 2.45) is 0 Å². The Kier molecular flexibility index (Phi) is 5.09. The largest absolute Gasteiger partial charge is 0.436 e. The normalized spacial score (nSPS) is 13.4. The number of aromatic nitrogens is 2. The van der Waals surface area contributed by atoms with Crippen molar-refractivity contribution in [1.82, 2.24) is 14.8 Å². The smallest absolute Gasteiger partial charge is 0.306 e. The second-order valence-electron chi connectivity index (χ2n) is 5.35. The minimum Gasteiger partial charge on any atom is -0.306 e. The molecule has 0 atom stereocenters. The second kappa shape index (κ2) is 7.09. The van der Waals surface area contributed by atoms with Crippen LogP contribution in [-0.2, 0) is 0 Å². The summed E-state index contributed by atoms with van der Waals surface area (Å²) in [7, 11) is 0. The standard InChI is InChI=1S/C15H14BrIN4O3/c1-9-7-10(13(17)11(16)8-9)14(22)19-12-3-4-18-21(12)24-15(23)20-5-2-6-20/h3-4,7-8H,2,5-6H2,1H3,(H,19,22). The van der Waals surface area contributed by atoms with Gasteiger partial charge in [0.1, 0.15) is 0 Å². The molecule has 9 heteroatoms. The van der Waals surface area contributed by atoms with Crippen LogP contribution < -0.4 is 10.2 Å². The second-order valence-corrected chi connectivity index (χ2v) is 7.28. The van der Waals surface area contributed by atoms with E-state index < -0.39 is 6.09 Å². The number of carbonyl (C=O) groups excluding carboxylic acids is 2. The van der Waals surface area contributed by atoms with Crippen molar-refractivity contribution in [3.05, 3.63) is 43.6 Å². The number of aryl methyl sites for hydroxylation is 1. The number of anilines is 1. The van der Waals surface area contributed by atoms with Crippen LogP contribution >= 0.6 is 38.5 Å². The molecule has 126 valence electrons. The number of carbonyl (C=O) groups is 2. The van der Waals surface area contributed by atoms with Gasteiger partial charge in [-0.2, -0.15) is 0 Å². The van der Waals surface area contributed by atoms with Crippen LogP contribution in [0.2, 0.25) is 0 Å². The molecule has 0 unspecified atom stereocenters. The third kappa shape index (κ3) is 3.56. The molecule has 1 aliphatic rings.